The molecule has 0 saturated carbocycles. The fraction of sp³-hybridized carbons (Fsp3) is 0.450. The summed E-state index contributed by atoms with van der Waals surface area (Å²) in [6.45, 7) is 4.72. The lowest BCUT2D eigenvalue weighted by atomic mass is 10.0. The fourth-order valence-electron chi connectivity index (χ4n) is 3.33. The van der Waals surface area contributed by atoms with Crippen LogP contribution in [0.5, 0.6) is 0 Å². The maximum absolute atomic E-state index is 6.27. The van der Waals surface area contributed by atoms with Crippen LogP contribution in [0.1, 0.15) is 30.1 Å². The molecule has 1 aliphatic heterocycles. The Morgan fingerprint density at radius 2 is 2.08 bits per heavy atom. The van der Waals surface area contributed by atoms with Gasteiger partial charge in [-0.3, -0.25) is 4.98 Å². The molecule has 4 nitrogen and oxygen atoms in total. The summed E-state index contributed by atoms with van der Waals surface area (Å²) in [5.74, 6) is 0. The van der Waals surface area contributed by atoms with E-state index in [1.807, 2.05) is 25.3 Å². The number of aryl methyl sites for hydroxylation is 1. The average Bonchev–Trinajstić information content (AvgIpc) is 2.65. The minimum Gasteiger partial charge on any atom is -0.383 e. The molecule has 1 aliphatic rings. The lowest BCUT2D eigenvalue weighted by Crippen LogP contribution is -2.44. The Hall–Kier alpha value is -1.62. The molecule has 1 saturated heterocycles. The summed E-state index contributed by atoms with van der Waals surface area (Å²) in [7, 11) is 1.74. The third kappa shape index (κ3) is 4.72. The number of nitrogens with zero attached hydrogens (tertiary/aromatic N) is 2. The van der Waals surface area contributed by atoms with Crippen LogP contribution < -0.4 is 10.2 Å². The van der Waals surface area contributed by atoms with Gasteiger partial charge < -0.3 is 15.0 Å². The highest BCUT2D eigenvalue weighted by molar-refractivity contribution is 6.31. The molecule has 0 aliphatic carbocycles. The minimum atomic E-state index is 0.136. The maximum atomic E-state index is 6.27. The zero-order chi connectivity index (χ0) is 17.6. The standard InChI is InChI=1S/C20H26ClN3O/c1-15-6-7-17(13-18(15)21)24-11-8-16(9-12-24)23-20(14-25-2)19-5-3-4-10-22-19/h3-7,10,13,16,20,23H,8-9,11-12,14H2,1-2H3. The first-order valence-corrected chi connectivity index (χ1v) is 9.22. The Morgan fingerprint density at radius 3 is 2.72 bits per heavy atom. The van der Waals surface area contributed by atoms with Crippen LogP contribution in [-0.2, 0) is 4.74 Å². The van der Waals surface area contributed by atoms with E-state index in [-0.39, 0.29) is 6.04 Å². The predicted octanol–water partition coefficient (Wildman–Crippen LogP) is 3.99. The number of ether oxygens (including phenoxy) is 1. The molecule has 2 heterocycles. The van der Waals surface area contributed by atoms with Gasteiger partial charge in [-0.15, -0.1) is 0 Å². The summed E-state index contributed by atoms with van der Waals surface area (Å²) in [6, 6.07) is 13.0. The van der Waals surface area contributed by atoms with Crippen molar-refractivity contribution in [3.05, 3.63) is 58.9 Å². The molecule has 25 heavy (non-hydrogen) atoms. The van der Waals surface area contributed by atoms with Crippen molar-refractivity contribution < 1.29 is 4.74 Å². The Morgan fingerprint density at radius 1 is 1.28 bits per heavy atom. The van der Waals surface area contributed by atoms with Crippen molar-refractivity contribution in [2.24, 2.45) is 0 Å². The van der Waals surface area contributed by atoms with Crippen molar-refractivity contribution in [1.82, 2.24) is 10.3 Å². The van der Waals surface area contributed by atoms with E-state index in [1.165, 1.54) is 5.69 Å². The van der Waals surface area contributed by atoms with Crippen molar-refractivity contribution in [3.63, 3.8) is 0 Å². The van der Waals surface area contributed by atoms with E-state index in [4.69, 9.17) is 16.3 Å². The maximum Gasteiger partial charge on any atom is 0.0734 e. The summed E-state index contributed by atoms with van der Waals surface area (Å²) >= 11 is 6.27. The summed E-state index contributed by atoms with van der Waals surface area (Å²) < 4.78 is 5.39. The van der Waals surface area contributed by atoms with Crippen LogP contribution in [0.3, 0.4) is 0 Å². The second-order valence-corrected chi connectivity index (χ2v) is 7.03. The average molecular weight is 360 g/mol. The molecular formula is C20H26ClN3O. The summed E-state index contributed by atoms with van der Waals surface area (Å²) in [4.78, 5) is 6.89. The van der Waals surface area contributed by atoms with Crippen LogP contribution in [0.2, 0.25) is 5.02 Å². The summed E-state index contributed by atoms with van der Waals surface area (Å²) in [6.07, 6.45) is 4.03. The van der Waals surface area contributed by atoms with Gasteiger partial charge in [0, 0.05) is 43.1 Å². The normalized spacial score (nSPS) is 16.8. The number of nitrogens with one attached hydrogen (secondary N) is 1. The first-order chi connectivity index (χ1) is 12.2. The van der Waals surface area contributed by atoms with E-state index >= 15 is 0 Å². The fourth-order valence-corrected chi connectivity index (χ4v) is 3.51. The predicted molar refractivity (Wildman–Crippen MR) is 103 cm³/mol. The second-order valence-electron chi connectivity index (χ2n) is 6.62. The van der Waals surface area contributed by atoms with Crippen molar-refractivity contribution in [2.45, 2.75) is 31.8 Å². The van der Waals surface area contributed by atoms with Gasteiger partial charge in [-0.2, -0.15) is 0 Å². The number of hydrogen-bond acceptors (Lipinski definition) is 4. The van der Waals surface area contributed by atoms with Gasteiger partial charge in [-0.25, -0.2) is 0 Å². The van der Waals surface area contributed by atoms with Gasteiger partial charge in [0.05, 0.1) is 18.3 Å². The Kier molecular flexibility index (Phi) is 6.29. The molecule has 5 heteroatoms. The highest BCUT2D eigenvalue weighted by atomic mass is 35.5. The number of pyridine rings is 1. The number of anilines is 1. The van der Waals surface area contributed by atoms with E-state index in [1.54, 1.807) is 7.11 Å². The van der Waals surface area contributed by atoms with Crippen LogP contribution >= 0.6 is 11.6 Å². The van der Waals surface area contributed by atoms with Crippen molar-refractivity contribution in [2.75, 3.05) is 31.7 Å². The van der Waals surface area contributed by atoms with E-state index in [0.29, 0.717) is 12.6 Å². The van der Waals surface area contributed by atoms with E-state index in [2.05, 4.69) is 39.5 Å². The smallest absolute Gasteiger partial charge is 0.0734 e. The van der Waals surface area contributed by atoms with Gasteiger partial charge in [0.15, 0.2) is 0 Å². The zero-order valence-electron chi connectivity index (χ0n) is 14.9. The molecule has 1 atom stereocenters. The SMILES string of the molecule is COCC(NC1CCN(c2ccc(C)c(Cl)c2)CC1)c1ccccn1. The van der Waals surface area contributed by atoms with Crippen LogP contribution in [0, 0.1) is 6.92 Å². The lowest BCUT2D eigenvalue weighted by Gasteiger charge is -2.36. The molecule has 0 amide bonds. The molecule has 2 aromatic rings. The molecule has 3 rings (SSSR count). The quantitative estimate of drug-likeness (QED) is 0.846. The Bertz CT molecular complexity index is 672. The molecule has 0 radical (unpaired) electrons. The number of hydrogen-bond donors (Lipinski definition) is 1. The minimum absolute atomic E-state index is 0.136. The van der Waals surface area contributed by atoms with Gasteiger partial charge in [-0.1, -0.05) is 23.7 Å². The molecule has 1 aromatic heterocycles. The number of aromatic nitrogens is 1. The largest absolute Gasteiger partial charge is 0.383 e. The number of methoxy groups -OCH3 is 1. The van der Waals surface area contributed by atoms with E-state index < -0.39 is 0 Å². The van der Waals surface area contributed by atoms with Crippen LogP contribution in [-0.4, -0.2) is 37.8 Å². The summed E-state index contributed by atoms with van der Waals surface area (Å²) in [5.41, 5.74) is 3.38. The number of benzene rings is 1. The van der Waals surface area contributed by atoms with E-state index in [9.17, 15) is 0 Å². The molecule has 0 bridgehead atoms. The van der Waals surface area contributed by atoms with Crippen molar-refractivity contribution >= 4 is 17.3 Å². The summed E-state index contributed by atoms with van der Waals surface area (Å²) in [5, 5.41) is 4.57. The van der Waals surface area contributed by atoms with Crippen LogP contribution in [0.25, 0.3) is 0 Å². The van der Waals surface area contributed by atoms with Gasteiger partial charge in [0.25, 0.3) is 0 Å². The van der Waals surface area contributed by atoms with E-state index in [0.717, 1.165) is 42.2 Å². The first-order valence-electron chi connectivity index (χ1n) is 8.84. The van der Waals surface area contributed by atoms with Crippen molar-refractivity contribution in [3.8, 4) is 0 Å². The molecular weight excluding hydrogens is 334 g/mol. The van der Waals surface area contributed by atoms with Gasteiger partial charge in [0.1, 0.15) is 0 Å². The Labute approximate surface area is 155 Å². The molecule has 134 valence electrons. The van der Waals surface area contributed by atoms with Gasteiger partial charge >= 0.3 is 0 Å². The molecule has 1 aromatic carbocycles. The highest BCUT2D eigenvalue weighted by Gasteiger charge is 2.23. The zero-order valence-corrected chi connectivity index (χ0v) is 15.7. The van der Waals surface area contributed by atoms with Crippen LogP contribution in [0.4, 0.5) is 5.69 Å². The number of rotatable bonds is 6. The third-order valence-electron chi connectivity index (χ3n) is 4.83. The third-order valence-corrected chi connectivity index (χ3v) is 5.24. The number of halogens is 1. The molecule has 0 spiro atoms. The lowest BCUT2D eigenvalue weighted by molar-refractivity contribution is 0.156. The first kappa shape index (κ1) is 18.2. The van der Waals surface area contributed by atoms with Crippen molar-refractivity contribution in [1.29, 1.82) is 0 Å². The molecule has 1 unspecified atom stereocenters. The molecule has 1 N–H and O–H groups in total. The number of piperidine rings is 1. The van der Waals surface area contributed by atoms with Gasteiger partial charge in [0.2, 0.25) is 0 Å². The second kappa shape index (κ2) is 8.65. The highest BCUT2D eigenvalue weighted by Crippen LogP contribution is 2.26. The molecule has 1 fully saturated rings. The monoisotopic (exact) mass is 359 g/mol. The van der Waals surface area contributed by atoms with Crippen LogP contribution in [0.15, 0.2) is 42.6 Å². The topological polar surface area (TPSA) is 37.4 Å². The van der Waals surface area contributed by atoms with Gasteiger partial charge in [-0.05, 0) is 49.6 Å². The Balaban J connectivity index is 1.58.